The zero-order valence-electron chi connectivity index (χ0n) is 11.8. The molecule has 2 fully saturated rings. The molecule has 1 aromatic rings. The molecule has 20 heavy (non-hydrogen) atoms. The maximum absolute atomic E-state index is 12.6. The molecule has 0 bridgehead atoms. The number of carbonyl (C=O) groups is 1. The van der Waals surface area contributed by atoms with E-state index in [4.69, 9.17) is 0 Å². The van der Waals surface area contributed by atoms with E-state index in [1.807, 2.05) is 18.2 Å². The Labute approximate surface area is 129 Å². The van der Waals surface area contributed by atoms with Crippen LogP contribution in [0.25, 0.3) is 0 Å². The minimum atomic E-state index is -0.224. The van der Waals surface area contributed by atoms with Crippen molar-refractivity contribution < 1.29 is 4.79 Å². The molecule has 0 saturated heterocycles. The van der Waals surface area contributed by atoms with E-state index in [-0.39, 0.29) is 11.3 Å². The van der Waals surface area contributed by atoms with Crippen LogP contribution in [0.3, 0.4) is 0 Å². The zero-order chi connectivity index (χ0) is 14.0. The van der Waals surface area contributed by atoms with Gasteiger partial charge in [0.05, 0.1) is 5.41 Å². The van der Waals surface area contributed by atoms with E-state index in [1.54, 1.807) is 0 Å². The Morgan fingerprint density at radius 1 is 1.20 bits per heavy atom. The molecule has 1 N–H and O–H groups in total. The average Bonchev–Trinajstić information content (AvgIpc) is 3.29. The van der Waals surface area contributed by atoms with E-state index in [9.17, 15) is 4.79 Å². The third-order valence-electron chi connectivity index (χ3n) is 4.85. The van der Waals surface area contributed by atoms with Crippen LogP contribution in [0.4, 0.5) is 0 Å². The second-order valence-electron chi connectivity index (χ2n) is 6.22. The van der Waals surface area contributed by atoms with Gasteiger partial charge in [-0.25, -0.2) is 0 Å². The smallest absolute Gasteiger partial charge is 0.230 e. The zero-order valence-corrected chi connectivity index (χ0v) is 13.4. The molecular formula is C17H22BrNO. The molecule has 0 aliphatic heterocycles. The Morgan fingerprint density at radius 2 is 1.90 bits per heavy atom. The van der Waals surface area contributed by atoms with Crippen molar-refractivity contribution in [1.82, 2.24) is 5.32 Å². The first-order valence-corrected chi connectivity index (χ1v) is 8.62. The molecule has 2 saturated carbocycles. The SMILES string of the molecule is O=C(NCC1CCCCC1Br)C1(c2ccccc2)CC1. The van der Waals surface area contributed by atoms with E-state index in [0.29, 0.717) is 10.7 Å². The number of carbonyl (C=O) groups excluding carboxylic acids is 1. The van der Waals surface area contributed by atoms with E-state index < -0.39 is 0 Å². The molecule has 108 valence electrons. The summed E-state index contributed by atoms with van der Waals surface area (Å²) < 4.78 is 0. The van der Waals surface area contributed by atoms with Crippen LogP contribution in [0.1, 0.15) is 44.1 Å². The topological polar surface area (TPSA) is 29.1 Å². The molecule has 1 amide bonds. The molecule has 2 aliphatic carbocycles. The monoisotopic (exact) mass is 335 g/mol. The summed E-state index contributed by atoms with van der Waals surface area (Å²) in [5.74, 6) is 0.827. The summed E-state index contributed by atoms with van der Waals surface area (Å²) in [6.07, 6.45) is 7.07. The molecular weight excluding hydrogens is 314 g/mol. The Balaban J connectivity index is 1.59. The first-order chi connectivity index (χ1) is 9.72. The number of rotatable bonds is 4. The quantitative estimate of drug-likeness (QED) is 0.833. The van der Waals surface area contributed by atoms with Crippen molar-refractivity contribution in [1.29, 1.82) is 0 Å². The van der Waals surface area contributed by atoms with Crippen molar-refractivity contribution in [2.45, 2.75) is 48.8 Å². The van der Waals surface area contributed by atoms with Gasteiger partial charge >= 0.3 is 0 Å². The van der Waals surface area contributed by atoms with Gasteiger partial charge in [0.1, 0.15) is 0 Å². The van der Waals surface area contributed by atoms with Crippen molar-refractivity contribution in [3.8, 4) is 0 Å². The minimum absolute atomic E-state index is 0.224. The van der Waals surface area contributed by atoms with Crippen LogP contribution >= 0.6 is 15.9 Å². The van der Waals surface area contributed by atoms with Crippen LogP contribution < -0.4 is 5.32 Å². The van der Waals surface area contributed by atoms with E-state index >= 15 is 0 Å². The highest BCUT2D eigenvalue weighted by molar-refractivity contribution is 9.09. The van der Waals surface area contributed by atoms with Gasteiger partial charge in [-0.1, -0.05) is 59.1 Å². The fourth-order valence-electron chi connectivity index (χ4n) is 3.31. The summed E-state index contributed by atoms with van der Waals surface area (Å²) in [4.78, 5) is 13.1. The van der Waals surface area contributed by atoms with Crippen LogP contribution in [0.15, 0.2) is 30.3 Å². The first-order valence-electron chi connectivity index (χ1n) is 7.70. The molecule has 1 aromatic carbocycles. The lowest BCUT2D eigenvalue weighted by atomic mass is 9.88. The standard InChI is InChI=1S/C17H22BrNO/c18-15-9-5-4-6-13(15)12-19-16(20)17(10-11-17)14-7-2-1-3-8-14/h1-3,7-8,13,15H,4-6,9-12H2,(H,19,20). The van der Waals surface area contributed by atoms with E-state index in [0.717, 1.165) is 19.4 Å². The lowest BCUT2D eigenvalue weighted by Gasteiger charge is -2.28. The normalized spacial score (nSPS) is 27.9. The van der Waals surface area contributed by atoms with Gasteiger partial charge in [0, 0.05) is 11.4 Å². The summed E-state index contributed by atoms with van der Waals surface area (Å²) in [7, 11) is 0. The van der Waals surface area contributed by atoms with Crippen LogP contribution in [-0.2, 0) is 10.2 Å². The third-order valence-corrected chi connectivity index (χ3v) is 6.06. The second-order valence-corrected chi connectivity index (χ2v) is 7.39. The molecule has 0 heterocycles. The molecule has 3 heteroatoms. The van der Waals surface area contributed by atoms with Gasteiger partial charge in [-0.2, -0.15) is 0 Å². The lowest BCUT2D eigenvalue weighted by Crippen LogP contribution is -2.40. The molecule has 3 rings (SSSR count). The Bertz CT molecular complexity index is 469. The summed E-state index contributed by atoms with van der Waals surface area (Å²) in [6.45, 7) is 0.823. The van der Waals surface area contributed by atoms with Crippen LogP contribution in [-0.4, -0.2) is 17.3 Å². The maximum atomic E-state index is 12.6. The fourth-order valence-corrected chi connectivity index (χ4v) is 4.09. The van der Waals surface area contributed by atoms with Crippen molar-refractivity contribution in [2.24, 2.45) is 5.92 Å². The van der Waals surface area contributed by atoms with Crippen molar-refractivity contribution >= 4 is 21.8 Å². The maximum Gasteiger partial charge on any atom is 0.230 e. The Kier molecular flexibility index (Phi) is 4.16. The second kappa shape index (κ2) is 5.88. The predicted molar refractivity (Wildman–Crippen MR) is 85.0 cm³/mol. The highest BCUT2D eigenvalue weighted by atomic mass is 79.9. The van der Waals surface area contributed by atoms with Gasteiger partial charge in [0.15, 0.2) is 0 Å². The number of benzene rings is 1. The van der Waals surface area contributed by atoms with Gasteiger partial charge in [-0.3, -0.25) is 4.79 Å². The third kappa shape index (κ3) is 2.78. The summed E-state index contributed by atoms with van der Waals surface area (Å²) in [5.41, 5.74) is 0.953. The number of alkyl halides is 1. The van der Waals surface area contributed by atoms with Gasteiger partial charge in [0.2, 0.25) is 5.91 Å². The Hall–Kier alpha value is -0.830. The predicted octanol–water partition coefficient (Wildman–Crippen LogP) is 3.79. The first kappa shape index (κ1) is 14.1. The minimum Gasteiger partial charge on any atom is -0.355 e. The average molecular weight is 336 g/mol. The fraction of sp³-hybridized carbons (Fsp3) is 0.588. The molecule has 0 spiro atoms. The Morgan fingerprint density at radius 3 is 2.55 bits per heavy atom. The molecule has 2 nitrogen and oxygen atoms in total. The van der Waals surface area contributed by atoms with Crippen molar-refractivity contribution in [2.75, 3.05) is 6.54 Å². The molecule has 2 atom stereocenters. The number of hydrogen-bond donors (Lipinski definition) is 1. The number of halogens is 1. The highest BCUT2D eigenvalue weighted by Crippen LogP contribution is 2.48. The molecule has 2 unspecified atom stereocenters. The van der Waals surface area contributed by atoms with Gasteiger partial charge in [0.25, 0.3) is 0 Å². The van der Waals surface area contributed by atoms with Crippen LogP contribution in [0.2, 0.25) is 0 Å². The van der Waals surface area contributed by atoms with Gasteiger partial charge in [-0.05, 0) is 37.2 Å². The number of amides is 1. The lowest BCUT2D eigenvalue weighted by molar-refractivity contribution is -0.123. The summed E-state index contributed by atoms with van der Waals surface area (Å²) in [5, 5.41) is 3.22. The highest BCUT2D eigenvalue weighted by Gasteiger charge is 2.51. The largest absolute Gasteiger partial charge is 0.355 e. The van der Waals surface area contributed by atoms with Crippen molar-refractivity contribution in [3.05, 3.63) is 35.9 Å². The van der Waals surface area contributed by atoms with E-state index in [2.05, 4.69) is 33.4 Å². The van der Waals surface area contributed by atoms with Gasteiger partial charge in [-0.15, -0.1) is 0 Å². The molecule has 0 radical (unpaired) electrons. The van der Waals surface area contributed by atoms with Crippen molar-refractivity contribution in [3.63, 3.8) is 0 Å². The number of hydrogen-bond acceptors (Lipinski definition) is 1. The molecule has 0 aromatic heterocycles. The summed E-state index contributed by atoms with van der Waals surface area (Å²) >= 11 is 3.76. The number of nitrogens with one attached hydrogen (secondary N) is 1. The van der Waals surface area contributed by atoms with Crippen LogP contribution in [0.5, 0.6) is 0 Å². The van der Waals surface area contributed by atoms with E-state index in [1.165, 1.54) is 31.2 Å². The van der Waals surface area contributed by atoms with Crippen LogP contribution in [0, 0.1) is 5.92 Å². The molecule has 2 aliphatic rings. The van der Waals surface area contributed by atoms with Gasteiger partial charge < -0.3 is 5.32 Å². The summed E-state index contributed by atoms with van der Waals surface area (Å²) in [6, 6.07) is 10.2.